The fourth-order valence-corrected chi connectivity index (χ4v) is 2.16. The van der Waals surface area contributed by atoms with E-state index in [2.05, 4.69) is 10.1 Å². The van der Waals surface area contributed by atoms with E-state index in [-0.39, 0.29) is 5.56 Å². The molecule has 5 heteroatoms. The van der Waals surface area contributed by atoms with Gasteiger partial charge >= 0.3 is 5.97 Å². The Morgan fingerprint density at radius 2 is 1.90 bits per heavy atom. The Bertz CT molecular complexity index is 646. The molecule has 0 amide bonds. The summed E-state index contributed by atoms with van der Waals surface area (Å²) in [7, 11) is 1.22. The fraction of sp³-hybridized carbons (Fsp3) is 0.188. The highest BCUT2D eigenvalue weighted by Crippen LogP contribution is 2.13. The molecule has 0 atom stereocenters. The highest BCUT2D eigenvalue weighted by atomic mass is 35.5. The quantitative estimate of drug-likeness (QED) is 0.858. The van der Waals surface area contributed by atoms with Gasteiger partial charge in [0.15, 0.2) is 0 Å². The molecule has 0 aliphatic heterocycles. The molecule has 0 aliphatic carbocycles. The molecule has 3 nitrogen and oxygen atoms in total. The number of methoxy groups -OCH3 is 1. The van der Waals surface area contributed by atoms with Gasteiger partial charge in [-0.15, -0.1) is 0 Å². The van der Waals surface area contributed by atoms with Gasteiger partial charge in [0, 0.05) is 18.1 Å². The molecule has 0 fully saturated rings. The predicted molar refractivity (Wildman–Crippen MR) is 79.7 cm³/mol. The van der Waals surface area contributed by atoms with Crippen molar-refractivity contribution in [2.75, 3.05) is 7.11 Å². The van der Waals surface area contributed by atoms with E-state index < -0.39 is 11.8 Å². The Morgan fingerprint density at radius 3 is 2.52 bits per heavy atom. The number of esters is 1. The molecule has 0 unspecified atom stereocenters. The highest BCUT2D eigenvalue weighted by molar-refractivity contribution is 6.30. The SMILES string of the molecule is COC(=O)c1ccc(CNCc2cccc(Cl)c2)cc1F. The molecule has 2 rings (SSSR count). The molecule has 0 saturated carbocycles. The van der Waals surface area contributed by atoms with Gasteiger partial charge in [-0.05, 0) is 35.4 Å². The second-order valence-corrected chi connectivity index (χ2v) is 4.98. The van der Waals surface area contributed by atoms with E-state index in [0.717, 1.165) is 11.1 Å². The van der Waals surface area contributed by atoms with Gasteiger partial charge in [0.05, 0.1) is 12.7 Å². The van der Waals surface area contributed by atoms with E-state index in [1.165, 1.54) is 19.2 Å². The minimum atomic E-state index is -0.675. The van der Waals surface area contributed by atoms with Crippen LogP contribution in [0.5, 0.6) is 0 Å². The van der Waals surface area contributed by atoms with Gasteiger partial charge in [0.2, 0.25) is 0 Å². The Labute approximate surface area is 127 Å². The first-order chi connectivity index (χ1) is 10.1. The summed E-state index contributed by atoms with van der Waals surface area (Å²) in [6, 6.07) is 12.0. The van der Waals surface area contributed by atoms with Crippen LogP contribution in [0.3, 0.4) is 0 Å². The monoisotopic (exact) mass is 307 g/mol. The molecular formula is C16H15ClFNO2. The zero-order chi connectivity index (χ0) is 15.2. The van der Waals surface area contributed by atoms with Crippen molar-refractivity contribution in [3.8, 4) is 0 Å². The van der Waals surface area contributed by atoms with Crippen molar-refractivity contribution >= 4 is 17.6 Å². The second kappa shape index (κ2) is 7.20. The van der Waals surface area contributed by atoms with E-state index in [1.807, 2.05) is 24.3 Å². The normalized spacial score (nSPS) is 10.4. The van der Waals surface area contributed by atoms with Gasteiger partial charge in [0.25, 0.3) is 0 Å². The number of rotatable bonds is 5. The van der Waals surface area contributed by atoms with Crippen LogP contribution in [0, 0.1) is 5.82 Å². The third kappa shape index (κ3) is 4.28. The Hall–Kier alpha value is -1.91. The number of hydrogen-bond donors (Lipinski definition) is 1. The van der Waals surface area contributed by atoms with E-state index in [0.29, 0.717) is 18.1 Å². The maximum atomic E-state index is 13.7. The van der Waals surface area contributed by atoms with Crippen molar-refractivity contribution in [1.29, 1.82) is 0 Å². The van der Waals surface area contributed by atoms with Crippen LogP contribution in [0.2, 0.25) is 5.02 Å². The summed E-state index contributed by atoms with van der Waals surface area (Å²) in [6.07, 6.45) is 0. The molecule has 0 heterocycles. The molecule has 2 aromatic carbocycles. The Kier molecular flexibility index (Phi) is 5.31. The summed E-state index contributed by atoms with van der Waals surface area (Å²) in [6.45, 7) is 1.12. The molecule has 0 bridgehead atoms. The highest BCUT2D eigenvalue weighted by Gasteiger charge is 2.11. The van der Waals surface area contributed by atoms with Crippen LogP contribution in [0.4, 0.5) is 4.39 Å². The largest absolute Gasteiger partial charge is 0.465 e. The average Bonchev–Trinajstić information content (AvgIpc) is 2.47. The number of halogens is 2. The molecule has 21 heavy (non-hydrogen) atoms. The van der Waals surface area contributed by atoms with Gasteiger partial charge in [-0.25, -0.2) is 9.18 Å². The summed E-state index contributed by atoms with van der Waals surface area (Å²) in [5.74, 6) is -1.25. The van der Waals surface area contributed by atoms with Crippen LogP contribution in [0.25, 0.3) is 0 Å². The standard InChI is InChI=1S/C16H15ClFNO2/c1-21-16(20)14-6-5-12(8-15(14)18)10-19-9-11-3-2-4-13(17)7-11/h2-8,19H,9-10H2,1H3. The Balaban J connectivity index is 1.95. The van der Waals surface area contributed by atoms with Gasteiger partial charge < -0.3 is 10.1 Å². The third-order valence-electron chi connectivity index (χ3n) is 2.99. The number of carbonyl (C=O) groups excluding carboxylic acids is 1. The minimum Gasteiger partial charge on any atom is -0.465 e. The molecule has 0 aliphatic rings. The summed E-state index contributed by atoms with van der Waals surface area (Å²) in [5, 5.41) is 3.88. The molecule has 2 aromatic rings. The lowest BCUT2D eigenvalue weighted by Crippen LogP contribution is -2.13. The van der Waals surface area contributed by atoms with Gasteiger partial charge in [-0.3, -0.25) is 0 Å². The summed E-state index contributed by atoms with van der Waals surface area (Å²) in [4.78, 5) is 11.3. The lowest BCUT2D eigenvalue weighted by molar-refractivity contribution is 0.0595. The first-order valence-electron chi connectivity index (χ1n) is 6.42. The first kappa shape index (κ1) is 15.5. The van der Waals surface area contributed by atoms with Crippen LogP contribution in [0.15, 0.2) is 42.5 Å². The van der Waals surface area contributed by atoms with Crippen molar-refractivity contribution < 1.29 is 13.9 Å². The summed E-state index contributed by atoms with van der Waals surface area (Å²) < 4.78 is 18.2. The first-order valence-corrected chi connectivity index (χ1v) is 6.80. The maximum absolute atomic E-state index is 13.7. The van der Waals surface area contributed by atoms with Crippen LogP contribution in [0.1, 0.15) is 21.5 Å². The van der Waals surface area contributed by atoms with Crippen molar-refractivity contribution in [2.24, 2.45) is 0 Å². The smallest absolute Gasteiger partial charge is 0.340 e. The number of nitrogens with one attached hydrogen (secondary N) is 1. The summed E-state index contributed by atoms with van der Waals surface area (Å²) >= 11 is 5.90. The van der Waals surface area contributed by atoms with Crippen LogP contribution in [-0.2, 0) is 17.8 Å². The number of carbonyl (C=O) groups is 1. The molecule has 0 saturated heterocycles. The summed E-state index contributed by atoms with van der Waals surface area (Å²) in [5.41, 5.74) is 1.74. The maximum Gasteiger partial charge on any atom is 0.340 e. The lowest BCUT2D eigenvalue weighted by Gasteiger charge is -2.07. The van der Waals surface area contributed by atoms with Crippen LogP contribution >= 0.6 is 11.6 Å². The van der Waals surface area contributed by atoms with Crippen molar-refractivity contribution in [3.63, 3.8) is 0 Å². The third-order valence-corrected chi connectivity index (χ3v) is 3.22. The molecular weight excluding hydrogens is 293 g/mol. The van der Waals surface area contributed by atoms with E-state index >= 15 is 0 Å². The minimum absolute atomic E-state index is 0.0592. The van der Waals surface area contributed by atoms with Gasteiger partial charge in [-0.1, -0.05) is 29.8 Å². The van der Waals surface area contributed by atoms with Gasteiger partial charge in [0.1, 0.15) is 5.82 Å². The van der Waals surface area contributed by atoms with Crippen LogP contribution < -0.4 is 5.32 Å². The van der Waals surface area contributed by atoms with Gasteiger partial charge in [-0.2, -0.15) is 0 Å². The molecule has 110 valence electrons. The molecule has 0 spiro atoms. The number of ether oxygens (including phenoxy) is 1. The lowest BCUT2D eigenvalue weighted by atomic mass is 10.1. The number of benzene rings is 2. The molecule has 0 aromatic heterocycles. The molecule has 0 radical (unpaired) electrons. The second-order valence-electron chi connectivity index (χ2n) is 4.54. The topological polar surface area (TPSA) is 38.3 Å². The average molecular weight is 308 g/mol. The van der Waals surface area contributed by atoms with Crippen molar-refractivity contribution in [1.82, 2.24) is 5.32 Å². The zero-order valence-corrected chi connectivity index (χ0v) is 12.3. The van der Waals surface area contributed by atoms with E-state index in [9.17, 15) is 9.18 Å². The molecule has 1 N–H and O–H groups in total. The number of hydrogen-bond acceptors (Lipinski definition) is 3. The fourth-order valence-electron chi connectivity index (χ4n) is 1.94. The zero-order valence-electron chi connectivity index (χ0n) is 11.5. The Morgan fingerprint density at radius 1 is 1.19 bits per heavy atom. The van der Waals surface area contributed by atoms with E-state index in [1.54, 1.807) is 6.07 Å². The van der Waals surface area contributed by atoms with Crippen molar-refractivity contribution in [2.45, 2.75) is 13.1 Å². The van der Waals surface area contributed by atoms with Crippen LogP contribution in [-0.4, -0.2) is 13.1 Å². The van der Waals surface area contributed by atoms with Crippen molar-refractivity contribution in [3.05, 3.63) is 70.0 Å². The van der Waals surface area contributed by atoms with E-state index in [4.69, 9.17) is 11.6 Å². The predicted octanol–water partition coefficient (Wildman–Crippen LogP) is 3.56.